The minimum absolute atomic E-state index is 0.338. The van der Waals surface area contributed by atoms with Crippen molar-refractivity contribution in [2.45, 2.75) is 12.7 Å². The molecule has 0 fully saturated rings. The van der Waals surface area contributed by atoms with Crippen LogP contribution in [-0.2, 0) is 18.4 Å². The van der Waals surface area contributed by atoms with Gasteiger partial charge in [0, 0.05) is 24.4 Å². The number of imidazole rings is 1. The summed E-state index contributed by atoms with van der Waals surface area (Å²) < 4.78 is 8.31. The number of rotatable bonds is 6. The van der Waals surface area contributed by atoms with Gasteiger partial charge >= 0.3 is 0 Å². The van der Waals surface area contributed by atoms with Crippen LogP contribution in [0.2, 0.25) is 0 Å². The highest BCUT2D eigenvalue weighted by molar-refractivity contribution is 5.97. The van der Waals surface area contributed by atoms with E-state index in [-0.39, 0.29) is 0 Å². The van der Waals surface area contributed by atoms with Gasteiger partial charge in [0.1, 0.15) is 17.9 Å². The summed E-state index contributed by atoms with van der Waals surface area (Å²) in [5.74, 6) is 0. The molecule has 0 saturated carbocycles. The van der Waals surface area contributed by atoms with E-state index < -0.39 is 6.10 Å². The van der Waals surface area contributed by atoms with E-state index in [0.29, 0.717) is 17.9 Å². The third-order valence-electron chi connectivity index (χ3n) is 6.02. The molecule has 2 aromatic heterocycles. The quantitative estimate of drug-likeness (QED) is 0.328. The molecule has 1 unspecified atom stereocenters. The fraction of sp³-hybridized carbons (Fsp3) is 0.103. The number of hydrogen-bond donors (Lipinski definition) is 0. The lowest BCUT2D eigenvalue weighted by Crippen LogP contribution is -2.11. The highest BCUT2D eigenvalue weighted by Crippen LogP contribution is 2.34. The minimum Gasteiger partial charge on any atom is -0.362 e. The number of fused-ring (bicyclic) bond motifs is 1. The maximum atomic E-state index is 9.82. The summed E-state index contributed by atoms with van der Waals surface area (Å²) in [6.07, 6.45) is 4.76. The maximum Gasteiger partial charge on any atom is 0.148 e. The first-order valence-corrected chi connectivity index (χ1v) is 11.1. The lowest BCUT2D eigenvalue weighted by Gasteiger charge is -2.20. The topological polar surface area (TPSA) is 87.5 Å². The molecule has 5 aromatic rings. The largest absolute Gasteiger partial charge is 0.362 e. The monoisotopic (exact) mass is 455 g/mol. The normalized spacial score (nSPS) is 11.6. The van der Waals surface area contributed by atoms with Crippen molar-refractivity contribution in [3.05, 3.63) is 120 Å². The first-order chi connectivity index (χ1) is 17.2. The molecule has 0 bridgehead atoms. The van der Waals surface area contributed by atoms with E-state index in [1.54, 1.807) is 30.9 Å². The van der Waals surface area contributed by atoms with Gasteiger partial charge in [-0.15, -0.1) is 0 Å². The molecule has 5 rings (SSSR count). The van der Waals surface area contributed by atoms with Crippen LogP contribution in [0.5, 0.6) is 0 Å². The Hall–Kier alpha value is -4.78. The number of benzene rings is 3. The Kier molecular flexibility index (Phi) is 6.05. The van der Waals surface area contributed by atoms with Crippen LogP contribution in [-0.4, -0.2) is 14.5 Å². The number of hydrogen-bond acceptors (Lipinski definition) is 5. The minimum atomic E-state index is -0.452. The van der Waals surface area contributed by atoms with Crippen molar-refractivity contribution in [1.82, 2.24) is 14.5 Å². The Balaban J connectivity index is 1.58. The van der Waals surface area contributed by atoms with Crippen molar-refractivity contribution in [2.75, 3.05) is 0 Å². The highest BCUT2D eigenvalue weighted by Gasteiger charge is 2.21. The number of aryl methyl sites for hydroxylation is 1. The van der Waals surface area contributed by atoms with Crippen molar-refractivity contribution in [3.63, 3.8) is 0 Å². The third kappa shape index (κ3) is 4.39. The molecule has 0 aliphatic rings. The Bertz CT molecular complexity index is 1580. The van der Waals surface area contributed by atoms with Gasteiger partial charge in [-0.25, -0.2) is 9.97 Å². The van der Waals surface area contributed by atoms with Crippen molar-refractivity contribution < 1.29 is 4.74 Å². The van der Waals surface area contributed by atoms with Crippen LogP contribution in [0.3, 0.4) is 0 Å². The van der Waals surface area contributed by atoms with Gasteiger partial charge in [-0.1, -0.05) is 54.6 Å². The highest BCUT2D eigenvalue weighted by atomic mass is 16.5. The summed E-state index contributed by atoms with van der Waals surface area (Å²) in [4.78, 5) is 8.79. The van der Waals surface area contributed by atoms with Crippen molar-refractivity contribution in [1.29, 1.82) is 10.5 Å². The lowest BCUT2D eigenvalue weighted by atomic mass is 9.95. The summed E-state index contributed by atoms with van der Waals surface area (Å²) in [5.41, 5.74) is 5.32. The summed E-state index contributed by atoms with van der Waals surface area (Å²) >= 11 is 0. The molecule has 3 aromatic carbocycles. The van der Waals surface area contributed by atoms with Gasteiger partial charge < -0.3 is 9.30 Å². The SMILES string of the molecule is Cn1cncc1C(OCc1ccc(C#N)cc1)c1cnc(C#N)c(-c2cccc3ccccc23)c1. The Morgan fingerprint density at radius 3 is 2.46 bits per heavy atom. The van der Waals surface area contributed by atoms with E-state index in [2.05, 4.69) is 40.3 Å². The Labute approximate surface area is 203 Å². The van der Waals surface area contributed by atoms with Gasteiger partial charge in [-0.2, -0.15) is 10.5 Å². The van der Waals surface area contributed by atoms with E-state index in [9.17, 15) is 5.26 Å². The molecule has 6 nitrogen and oxygen atoms in total. The van der Waals surface area contributed by atoms with Gasteiger partial charge in [0.25, 0.3) is 0 Å². The van der Waals surface area contributed by atoms with E-state index in [4.69, 9.17) is 10.00 Å². The van der Waals surface area contributed by atoms with Crippen LogP contribution in [0.1, 0.15) is 34.2 Å². The summed E-state index contributed by atoms with van der Waals surface area (Å²) in [7, 11) is 1.92. The molecule has 1 atom stereocenters. The molecule has 0 radical (unpaired) electrons. The Morgan fingerprint density at radius 1 is 0.914 bits per heavy atom. The van der Waals surface area contributed by atoms with Crippen LogP contribution >= 0.6 is 0 Å². The molecule has 0 aliphatic carbocycles. The average molecular weight is 456 g/mol. The standard InChI is InChI=1S/C29H21N5O/c1-34-19-32-17-28(34)29(35-18-21-11-9-20(14-30)10-12-21)23-13-26(27(15-31)33-16-23)25-8-4-6-22-5-2-3-7-24(22)25/h2-13,16-17,19,29H,18H2,1H3. The molecule has 0 amide bonds. The number of nitriles is 2. The van der Waals surface area contributed by atoms with Crippen LogP contribution in [0, 0.1) is 22.7 Å². The predicted molar refractivity (Wildman–Crippen MR) is 133 cm³/mol. The molecule has 168 valence electrons. The number of aromatic nitrogens is 3. The lowest BCUT2D eigenvalue weighted by molar-refractivity contribution is 0.0620. The van der Waals surface area contributed by atoms with Gasteiger partial charge in [-0.05, 0) is 40.1 Å². The second-order valence-electron chi connectivity index (χ2n) is 8.23. The van der Waals surface area contributed by atoms with E-state index in [1.165, 1.54) is 0 Å². The molecular formula is C29H21N5O. The van der Waals surface area contributed by atoms with Gasteiger partial charge in [0.05, 0.1) is 36.5 Å². The fourth-order valence-electron chi connectivity index (χ4n) is 4.21. The predicted octanol–water partition coefficient (Wildman–Crippen LogP) is 5.68. The first-order valence-electron chi connectivity index (χ1n) is 11.1. The third-order valence-corrected chi connectivity index (χ3v) is 6.02. The first kappa shape index (κ1) is 22.0. The van der Waals surface area contributed by atoms with Crippen molar-refractivity contribution in [2.24, 2.45) is 7.05 Å². The van der Waals surface area contributed by atoms with Crippen LogP contribution in [0.15, 0.2) is 91.5 Å². The second kappa shape index (κ2) is 9.61. The second-order valence-corrected chi connectivity index (χ2v) is 8.23. The molecule has 0 N–H and O–H groups in total. The van der Waals surface area contributed by atoms with Gasteiger partial charge in [0.2, 0.25) is 0 Å². The molecule has 0 spiro atoms. The summed E-state index contributed by atoms with van der Waals surface area (Å²) in [5, 5.41) is 21.0. The zero-order chi connectivity index (χ0) is 24.2. The van der Waals surface area contributed by atoms with E-state index in [1.807, 2.05) is 54.1 Å². The van der Waals surface area contributed by atoms with Crippen LogP contribution in [0.25, 0.3) is 21.9 Å². The Morgan fingerprint density at radius 2 is 1.71 bits per heavy atom. The van der Waals surface area contributed by atoms with Crippen molar-refractivity contribution >= 4 is 10.8 Å². The molecular weight excluding hydrogens is 434 g/mol. The van der Waals surface area contributed by atoms with Gasteiger partial charge in [0.15, 0.2) is 0 Å². The zero-order valence-electron chi connectivity index (χ0n) is 19.1. The fourth-order valence-corrected chi connectivity index (χ4v) is 4.21. The smallest absolute Gasteiger partial charge is 0.148 e. The number of nitrogens with zero attached hydrogens (tertiary/aromatic N) is 5. The van der Waals surface area contributed by atoms with Gasteiger partial charge in [-0.3, -0.25) is 0 Å². The average Bonchev–Trinajstić information content (AvgIpc) is 3.34. The van der Waals surface area contributed by atoms with Crippen molar-refractivity contribution in [3.8, 4) is 23.3 Å². The molecule has 35 heavy (non-hydrogen) atoms. The number of pyridine rings is 1. The summed E-state index contributed by atoms with van der Waals surface area (Å²) in [6, 6.07) is 27.9. The zero-order valence-corrected chi connectivity index (χ0v) is 19.1. The van der Waals surface area contributed by atoms with E-state index >= 15 is 0 Å². The summed E-state index contributed by atoms with van der Waals surface area (Å²) in [6.45, 7) is 0.338. The maximum absolute atomic E-state index is 9.82. The molecule has 2 heterocycles. The molecule has 6 heteroatoms. The van der Waals surface area contributed by atoms with Crippen LogP contribution in [0.4, 0.5) is 0 Å². The molecule has 0 aliphatic heterocycles. The van der Waals surface area contributed by atoms with Crippen LogP contribution < -0.4 is 0 Å². The van der Waals surface area contributed by atoms with E-state index in [0.717, 1.165) is 38.7 Å². The number of ether oxygens (including phenoxy) is 1. The molecule has 0 saturated heterocycles.